The Balaban J connectivity index is 0.00000264. The molecule has 1 aromatic rings. The predicted molar refractivity (Wildman–Crippen MR) is 94.1 cm³/mol. The number of para-hydroxylation sites is 1. The Morgan fingerprint density at radius 1 is 1.30 bits per heavy atom. The Bertz CT molecular complexity index is 519. The molecular weight excluding hydrogens is 422 g/mol. The van der Waals surface area contributed by atoms with Gasteiger partial charge in [0.25, 0.3) is 0 Å². The van der Waals surface area contributed by atoms with Gasteiger partial charge in [0.15, 0.2) is 12.6 Å². The second-order valence-electron chi connectivity index (χ2n) is 5.39. The molecule has 0 heterocycles. The summed E-state index contributed by atoms with van der Waals surface area (Å²) >= 11 is 0. The Morgan fingerprint density at radius 2 is 2.00 bits per heavy atom. The van der Waals surface area contributed by atoms with Crippen LogP contribution in [0.3, 0.4) is 0 Å². The van der Waals surface area contributed by atoms with Crippen LogP contribution in [0.2, 0.25) is 0 Å². The molecule has 0 saturated heterocycles. The van der Waals surface area contributed by atoms with Crippen molar-refractivity contribution in [1.29, 1.82) is 0 Å². The summed E-state index contributed by atoms with van der Waals surface area (Å²) in [5.41, 5.74) is 6.33. The average molecular weight is 443 g/mol. The number of ether oxygens (including phenoxy) is 1. The second-order valence-corrected chi connectivity index (χ2v) is 5.39. The molecule has 1 fully saturated rings. The van der Waals surface area contributed by atoms with Crippen LogP contribution >= 0.6 is 24.0 Å². The standard InChI is InChI=1S/C15H20F3N3O.HI/c16-15(17,18)10-22-13-7-2-1-6-12(13)9-21-14(19)20-8-11-4-3-5-11;/h1-2,6-7,11H,3-5,8-10H2,(H3,19,20,21);1H. The van der Waals surface area contributed by atoms with Crippen molar-refractivity contribution in [1.82, 2.24) is 5.32 Å². The molecule has 0 atom stereocenters. The van der Waals surface area contributed by atoms with E-state index in [1.54, 1.807) is 18.2 Å². The van der Waals surface area contributed by atoms with Gasteiger partial charge in [-0.05, 0) is 24.8 Å². The van der Waals surface area contributed by atoms with E-state index in [0.717, 1.165) is 6.54 Å². The maximum absolute atomic E-state index is 12.2. The smallest absolute Gasteiger partial charge is 0.422 e. The number of alkyl halides is 3. The largest absolute Gasteiger partial charge is 0.484 e. The highest BCUT2D eigenvalue weighted by Crippen LogP contribution is 2.25. The summed E-state index contributed by atoms with van der Waals surface area (Å²) in [6.07, 6.45) is -0.699. The van der Waals surface area contributed by atoms with E-state index in [0.29, 0.717) is 17.4 Å². The minimum atomic E-state index is -4.36. The molecule has 2 rings (SSSR count). The Hall–Kier alpha value is -1.19. The number of halogens is 4. The predicted octanol–water partition coefficient (Wildman–Crippen LogP) is 3.45. The normalized spacial score (nSPS) is 15.5. The number of aliphatic imine (C=N–C) groups is 1. The van der Waals surface area contributed by atoms with E-state index in [9.17, 15) is 13.2 Å². The molecule has 130 valence electrons. The second kappa shape index (κ2) is 9.19. The quantitative estimate of drug-likeness (QED) is 0.403. The van der Waals surface area contributed by atoms with E-state index in [-0.39, 0.29) is 36.3 Å². The maximum Gasteiger partial charge on any atom is 0.422 e. The van der Waals surface area contributed by atoms with Crippen LogP contribution < -0.4 is 15.8 Å². The first-order valence-corrected chi connectivity index (χ1v) is 7.25. The molecule has 8 heteroatoms. The molecule has 23 heavy (non-hydrogen) atoms. The molecule has 0 bridgehead atoms. The van der Waals surface area contributed by atoms with Gasteiger partial charge >= 0.3 is 6.18 Å². The third-order valence-corrected chi connectivity index (χ3v) is 3.58. The molecule has 1 aliphatic rings. The third-order valence-electron chi connectivity index (χ3n) is 3.58. The van der Waals surface area contributed by atoms with Crippen molar-refractivity contribution in [3.63, 3.8) is 0 Å². The Morgan fingerprint density at radius 3 is 2.61 bits per heavy atom. The van der Waals surface area contributed by atoms with E-state index in [1.807, 2.05) is 0 Å². The SMILES string of the molecule is I.NC(=NCc1ccccc1OCC(F)(F)F)NCC1CCC1. The highest BCUT2D eigenvalue weighted by atomic mass is 127. The van der Waals surface area contributed by atoms with Crippen LogP contribution in [0.4, 0.5) is 13.2 Å². The summed E-state index contributed by atoms with van der Waals surface area (Å²) in [5.74, 6) is 1.13. The van der Waals surface area contributed by atoms with E-state index in [2.05, 4.69) is 10.3 Å². The fourth-order valence-corrected chi connectivity index (χ4v) is 2.11. The molecule has 0 radical (unpaired) electrons. The van der Waals surface area contributed by atoms with Crippen LogP contribution in [0, 0.1) is 5.92 Å². The number of guanidine groups is 1. The highest BCUT2D eigenvalue weighted by Gasteiger charge is 2.28. The molecule has 1 saturated carbocycles. The Kier molecular flexibility index (Phi) is 7.93. The van der Waals surface area contributed by atoms with Gasteiger partial charge in [-0.25, -0.2) is 4.99 Å². The topological polar surface area (TPSA) is 59.6 Å². The number of nitrogens with one attached hydrogen (secondary N) is 1. The number of rotatable bonds is 6. The van der Waals surface area contributed by atoms with Gasteiger partial charge in [-0.2, -0.15) is 13.2 Å². The van der Waals surface area contributed by atoms with Gasteiger partial charge in [-0.15, -0.1) is 24.0 Å². The summed E-state index contributed by atoms with van der Waals surface area (Å²) in [6, 6.07) is 6.52. The van der Waals surface area contributed by atoms with Crippen molar-refractivity contribution in [3.8, 4) is 5.75 Å². The van der Waals surface area contributed by atoms with Crippen LogP contribution in [0.15, 0.2) is 29.3 Å². The number of nitrogens with two attached hydrogens (primary N) is 1. The van der Waals surface area contributed by atoms with Crippen LogP contribution in [-0.4, -0.2) is 25.3 Å². The summed E-state index contributed by atoms with van der Waals surface area (Å²) in [7, 11) is 0. The van der Waals surface area contributed by atoms with Crippen molar-refractivity contribution in [2.75, 3.05) is 13.2 Å². The Labute approximate surface area is 150 Å². The van der Waals surface area contributed by atoms with Gasteiger partial charge in [0.05, 0.1) is 6.54 Å². The number of benzene rings is 1. The fraction of sp³-hybridized carbons (Fsp3) is 0.533. The van der Waals surface area contributed by atoms with Crippen LogP contribution in [0.1, 0.15) is 24.8 Å². The van der Waals surface area contributed by atoms with Gasteiger partial charge in [0, 0.05) is 12.1 Å². The first kappa shape index (κ1) is 19.9. The maximum atomic E-state index is 12.2. The minimum Gasteiger partial charge on any atom is -0.484 e. The number of nitrogens with zero attached hydrogens (tertiary/aromatic N) is 1. The molecular formula is C15H21F3IN3O. The lowest BCUT2D eigenvalue weighted by Crippen LogP contribution is -2.37. The fourth-order valence-electron chi connectivity index (χ4n) is 2.11. The highest BCUT2D eigenvalue weighted by molar-refractivity contribution is 14.0. The molecule has 0 aromatic heterocycles. The monoisotopic (exact) mass is 443 g/mol. The zero-order valence-corrected chi connectivity index (χ0v) is 14.9. The molecule has 0 aliphatic heterocycles. The van der Waals surface area contributed by atoms with E-state index in [4.69, 9.17) is 10.5 Å². The third kappa shape index (κ3) is 7.28. The first-order chi connectivity index (χ1) is 10.4. The summed E-state index contributed by atoms with van der Waals surface area (Å²) in [6.45, 7) is -0.345. The van der Waals surface area contributed by atoms with E-state index in [1.165, 1.54) is 25.3 Å². The zero-order valence-electron chi connectivity index (χ0n) is 12.6. The van der Waals surface area contributed by atoms with Crippen molar-refractivity contribution in [3.05, 3.63) is 29.8 Å². The molecule has 0 unspecified atom stereocenters. The van der Waals surface area contributed by atoms with Crippen molar-refractivity contribution in [2.24, 2.45) is 16.6 Å². The molecule has 0 amide bonds. The van der Waals surface area contributed by atoms with Gasteiger partial charge < -0.3 is 15.8 Å². The van der Waals surface area contributed by atoms with Crippen molar-refractivity contribution in [2.45, 2.75) is 32.0 Å². The van der Waals surface area contributed by atoms with Crippen LogP contribution in [0.25, 0.3) is 0 Å². The van der Waals surface area contributed by atoms with Gasteiger partial charge in [-0.1, -0.05) is 24.6 Å². The summed E-state index contributed by atoms with van der Waals surface area (Å²) < 4.78 is 41.5. The molecule has 4 nitrogen and oxygen atoms in total. The van der Waals surface area contributed by atoms with E-state index >= 15 is 0 Å². The van der Waals surface area contributed by atoms with Crippen LogP contribution in [0.5, 0.6) is 5.75 Å². The number of hydrogen-bond donors (Lipinski definition) is 2. The van der Waals surface area contributed by atoms with Gasteiger partial charge in [0.1, 0.15) is 5.75 Å². The molecule has 3 N–H and O–H groups in total. The minimum absolute atomic E-state index is 0. The lowest BCUT2D eigenvalue weighted by Gasteiger charge is -2.25. The lowest BCUT2D eigenvalue weighted by atomic mass is 9.85. The van der Waals surface area contributed by atoms with Crippen molar-refractivity contribution >= 4 is 29.9 Å². The molecule has 0 spiro atoms. The number of hydrogen-bond acceptors (Lipinski definition) is 2. The van der Waals surface area contributed by atoms with E-state index < -0.39 is 12.8 Å². The molecule has 1 aliphatic carbocycles. The van der Waals surface area contributed by atoms with Gasteiger partial charge in [-0.3, -0.25) is 0 Å². The van der Waals surface area contributed by atoms with Crippen LogP contribution in [-0.2, 0) is 6.54 Å². The lowest BCUT2D eigenvalue weighted by molar-refractivity contribution is -0.153. The molecule has 1 aromatic carbocycles. The summed E-state index contributed by atoms with van der Waals surface area (Å²) in [4.78, 5) is 4.15. The van der Waals surface area contributed by atoms with Gasteiger partial charge in [0.2, 0.25) is 0 Å². The first-order valence-electron chi connectivity index (χ1n) is 7.25. The average Bonchev–Trinajstić information content (AvgIpc) is 2.41. The van der Waals surface area contributed by atoms with Crippen molar-refractivity contribution < 1.29 is 17.9 Å². The summed E-state index contributed by atoms with van der Waals surface area (Å²) in [5, 5.41) is 3.04. The zero-order chi connectivity index (χ0) is 16.0.